The average Bonchev–Trinajstić information content (AvgIpc) is 2.03. The summed E-state index contributed by atoms with van der Waals surface area (Å²) in [6.45, 7) is 0.768. The summed E-state index contributed by atoms with van der Waals surface area (Å²) in [5.74, 6) is 0.606. The summed E-state index contributed by atoms with van der Waals surface area (Å²) in [7, 11) is 0. The second-order valence-electron chi connectivity index (χ2n) is 1.97. The van der Waals surface area contributed by atoms with Gasteiger partial charge in [-0.05, 0) is 22.0 Å². The lowest BCUT2D eigenvalue weighted by Gasteiger charge is -2.04. The van der Waals surface area contributed by atoms with Crippen molar-refractivity contribution in [3.63, 3.8) is 0 Å². The molecule has 1 rings (SSSR count). The van der Waals surface area contributed by atoms with Crippen LogP contribution in [0.3, 0.4) is 0 Å². The molecule has 0 radical (unpaired) electrons. The molecule has 1 aromatic heterocycles. The molecular weight excluding hydrogens is 227 g/mol. The second-order valence-corrected chi connectivity index (χ2v) is 3.20. The molecule has 0 atom stereocenters. The van der Waals surface area contributed by atoms with Gasteiger partial charge in [0.2, 0.25) is 0 Å². The number of halogens is 2. The lowest BCUT2D eigenvalue weighted by Crippen LogP contribution is -2.02. The molecule has 1 heterocycles. The van der Waals surface area contributed by atoms with Crippen molar-refractivity contribution < 1.29 is 0 Å². The average molecular weight is 236 g/mol. The van der Waals surface area contributed by atoms with E-state index in [9.17, 15) is 0 Å². The Kier molecular flexibility index (Phi) is 3.66. The minimum Gasteiger partial charge on any atom is -0.383 e. The minimum absolute atomic E-state index is 0.606. The molecule has 0 aliphatic rings. The first kappa shape index (κ1) is 8.81. The molecule has 2 nitrogen and oxygen atoms in total. The Labute approximate surface area is 79.1 Å². The third-order valence-corrected chi connectivity index (χ3v) is 2.00. The van der Waals surface area contributed by atoms with Crippen molar-refractivity contribution in [1.82, 2.24) is 4.98 Å². The molecule has 0 saturated carbocycles. The second kappa shape index (κ2) is 4.57. The summed E-state index contributed by atoms with van der Waals surface area (Å²) >= 11 is 8.87. The number of hydrogen-bond acceptors (Lipinski definition) is 2. The maximum absolute atomic E-state index is 5.51. The maximum atomic E-state index is 5.51. The van der Waals surface area contributed by atoms with E-state index in [1.807, 2.05) is 6.07 Å². The molecule has 0 amide bonds. The summed E-state index contributed by atoms with van der Waals surface area (Å²) in [4.78, 5) is 3.93. The number of pyridine rings is 1. The number of rotatable bonds is 3. The van der Waals surface area contributed by atoms with Gasteiger partial charge in [0.05, 0.1) is 10.2 Å². The number of alkyl halides is 1. The lowest BCUT2D eigenvalue weighted by atomic mass is 10.4. The zero-order valence-electron chi connectivity index (χ0n) is 5.85. The smallest absolute Gasteiger partial charge is 0.0590 e. The Morgan fingerprint density at radius 2 is 2.45 bits per heavy atom. The Balaban J connectivity index is 2.62. The van der Waals surface area contributed by atoms with Crippen LogP contribution in [0.4, 0.5) is 5.69 Å². The normalized spacial score (nSPS) is 9.64. The highest BCUT2D eigenvalue weighted by Crippen LogP contribution is 2.19. The van der Waals surface area contributed by atoms with Crippen LogP contribution in [0.5, 0.6) is 0 Å². The fourth-order valence-electron chi connectivity index (χ4n) is 0.700. The first-order valence-electron chi connectivity index (χ1n) is 3.24. The van der Waals surface area contributed by atoms with Crippen molar-refractivity contribution >= 4 is 33.2 Å². The van der Waals surface area contributed by atoms with Crippen molar-refractivity contribution in [2.45, 2.75) is 0 Å². The van der Waals surface area contributed by atoms with Gasteiger partial charge in [0.25, 0.3) is 0 Å². The van der Waals surface area contributed by atoms with E-state index in [4.69, 9.17) is 11.6 Å². The lowest BCUT2D eigenvalue weighted by molar-refractivity contribution is 1.20. The van der Waals surface area contributed by atoms with Gasteiger partial charge in [-0.2, -0.15) is 0 Å². The quantitative estimate of drug-likeness (QED) is 0.814. The first-order valence-corrected chi connectivity index (χ1v) is 4.56. The van der Waals surface area contributed by atoms with Gasteiger partial charge in [0.15, 0.2) is 0 Å². The Bertz CT molecular complexity index is 229. The number of aromatic nitrogens is 1. The van der Waals surface area contributed by atoms with E-state index in [2.05, 4.69) is 26.2 Å². The fraction of sp³-hybridized carbons (Fsp3) is 0.286. The highest BCUT2D eigenvalue weighted by atomic mass is 79.9. The van der Waals surface area contributed by atoms with Crippen LogP contribution in [0, 0.1) is 0 Å². The standard InChI is InChI=1S/C7H8BrClN2/c8-6-5-10-3-1-7(6)11-4-2-9/h1,3,5H,2,4H2,(H,10,11). The van der Waals surface area contributed by atoms with E-state index >= 15 is 0 Å². The van der Waals surface area contributed by atoms with Crippen molar-refractivity contribution in [1.29, 1.82) is 0 Å². The fourth-order valence-corrected chi connectivity index (χ4v) is 1.19. The predicted octanol–water partition coefficient (Wildman–Crippen LogP) is 2.49. The van der Waals surface area contributed by atoms with Gasteiger partial charge in [-0.1, -0.05) is 0 Å². The van der Waals surface area contributed by atoms with Gasteiger partial charge in [0, 0.05) is 24.8 Å². The van der Waals surface area contributed by atoms with E-state index in [0.717, 1.165) is 16.7 Å². The predicted molar refractivity (Wildman–Crippen MR) is 51.1 cm³/mol. The van der Waals surface area contributed by atoms with Crippen LogP contribution in [0.2, 0.25) is 0 Å². The van der Waals surface area contributed by atoms with E-state index < -0.39 is 0 Å². The summed E-state index contributed by atoms with van der Waals surface area (Å²) in [5, 5.41) is 3.14. The Morgan fingerprint density at radius 1 is 1.64 bits per heavy atom. The molecule has 0 spiro atoms. The van der Waals surface area contributed by atoms with Crippen LogP contribution in [0.25, 0.3) is 0 Å². The summed E-state index contributed by atoms with van der Waals surface area (Å²) in [5.41, 5.74) is 1.03. The van der Waals surface area contributed by atoms with Gasteiger partial charge in [-0.25, -0.2) is 0 Å². The highest BCUT2D eigenvalue weighted by molar-refractivity contribution is 9.10. The molecule has 0 aliphatic heterocycles. The van der Waals surface area contributed by atoms with Crippen LogP contribution >= 0.6 is 27.5 Å². The van der Waals surface area contributed by atoms with Gasteiger partial charge in [0.1, 0.15) is 0 Å². The maximum Gasteiger partial charge on any atom is 0.0590 e. The monoisotopic (exact) mass is 234 g/mol. The first-order chi connectivity index (χ1) is 5.34. The zero-order valence-corrected chi connectivity index (χ0v) is 8.19. The third-order valence-electron chi connectivity index (χ3n) is 1.18. The van der Waals surface area contributed by atoms with Crippen LogP contribution < -0.4 is 5.32 Å². The summed E-state index contributed by atoms with van der Waals surface area (Å²) in [6, 6.07) is 1.90. The van der Waals surface area contributed by atoms with Gasteiger partial charge >= 0.3 is 0 Å². The van der Waals surface area contributed by atoms with E-state index in [1.165, 1.54) is 0 Å². The molecule has 0 aromatic carbocycles. The van der Waals surface area contributed by atoms with Crippen LogP contribution in [-0.2, 0) is 0 Å². The Hall–Kier alpha value is -0.280. The van der Waals surface area contributed by atoms with Crippen LogP contribution in [0.1, 0.15) is 0 Å². The van der Waals surface area contributed by atoms with Crippen molar-refractivity contribution in [3.8, 4) is 0 Å². The summed E-state index contributed by atoms with van der Waals surface area (Å²) in [6.07, 6.45) is 3.48. The van der Waals surface area contributed by atoms with Gasteiger partial charge in [-0.15, -0.1) is 11.6 Å². The SMILES string of the molecule is ClCCNc1ccncc1Br. The van der Waals surface area contributed by atoms with Crippen molar-refractivity contribution in [2.24, 2.45) is 0 Å². The minimum atomic E-state index is 0.606. The molecular formula is C7H8BrClN2. The van der Waals surface area contributed by atoms with Crippen LogP contribution in [0.15, 0.2) is 22.9 Å². The Morgan fingerprint density at radius 3 is 3.09 bits per heavy atom. The van der Waals surface area contributed by atoms with Crippen LogP contribution in [-0.4, -0.2) is 17.4 Å². The van der Waals surface area contributed by atoms with Crippen molar-refractivity contribution in [3.05, 3.63) is 22.9 Å². The number of nitrogens with one attached hydrogen (secondary N) is 1. The largest absolute Gasteiger partial charge is 0.383 e. The molecule has 0 fully saturated rings. The van der Waals surface area contributed by atoms with E-state index in [0.29, 0.717) is 5.88 Å². The molecule has 0 bridgehead atoms. The molecule has 60 valence electrons. The molecule has 1 aromatic rings. The topological polar surface area (TPSA) is 24.9 Å². The number of hydrogen-bond donors (Lipinski definition) is 1. The molecule has 0 unspecified atom stereocenters. The van der Waals surface area contributed by atoms with E-state index in [-0.39, 0.29) is 0 Å². The van der Waals surface area contributed by atoms with Gasteiger partial charge in [-0.3, -0.25) is 4.98 Å². The summed E-state index contributed by atoms with van der Waals surface area (Å²) < 4.78 is 0.963. The number of nitrogens with zero attached hydrogens (tertiary/aromatic N) is 1. The highest BCUT2D eigenvalue weighted by Gasteiger charge is 1.95. The third kappa shape index (κ3) is 2.67. The molecule has 11 heavy (non-hydrogen) atoms. The molecule has 0 aliphatic carbocycles. The van der Waals surface area contributed by atoms with Gasteiger partial charge < -0.3 is 5.32 Å². The van der Waals surface area contributed by atoms with Crippen molar-refractivity contribution in [2.75, 3.05) is 17.7 Å². The zero-order chi connectivity index (χ0) is 8.10. The number of anilines is 1. The van der Waals surface area contributed by atoms with E-state index in [1.54, 1.807) is 12.4 Å². The molecule has 4 heteroatoms. The molecule has 1 N–H and O–H groups in total. The molecule has 0 saturated heterocycles.